The summed E-state index contributed by atoms with van der Waals surface area (Å²) in [6.45, 7) is 11.0. The molecule has 0 aliphatic rings. The van der Waals surface area contributed by atoms with Crippen LogP contribution in [0.4, 0.5) is 0 Å². The number of unbranched alkanes of at least 4 members (excludes halogenated alkanes) is 1. The van der Waals surface area contributed by atoms with Crippen molar-refractivity contribution in [1.82, 2.24) is 0 Å². The van der Waals surface area contributed by atoms with Gasteiger partial charge in [-0.1, -0.05) is 69.0 Å². The van der Waals surface area contributed by atoms with Gasteiger partial charge in [-0.25, -0.2) is 9.59 Å². The molecule has 0 bridgehead atoms. The van der Waals surface area contributed by atoms with Gasteiger partial charge in [-0.05, 0) is 25.3 Å². The second-order valence-corrected chi connectivity index (χ2v) is 5.04. The fraction of sp³-hybridized carbons (Fsp3) is 0.333. The van der Waals surface area contributed by atoms with Gasteiger partial charge in [0.1, 0.15) is 0 Å². The summed E-state index contributed by atoms with van der Waals surface area (Å²) in [5.74, 6) is -1.26. The highest BCUT2D eigenvalue weighted by Gasteiger charge is 1.96. The van der Waals surface area contributed by atoms with Crippen LogP contribution in [0.15, 0.2) is 61.2 Å². The smallest absolute Gasteiger partial charge is 0.330 e. The van der Waals surface area contributed by atoms with Crippen LogP contribution < -0.4 is 0 Å². The van der Waals surface area contributed by atoms with Gasteiger partial charge in [0.2, 0.25) is 0 Å². The summed E-state index contributed by atoms with van der Waals surface area (Å²) >= 11 is 0. The minimum atomic E-state index is -0.927. The van der Waals surface area contributed by atoms with Gasteiger partial charge in [0, 0.05) is 18.3 Å². The van der Waals surface area contributed by atoms with Crippen LogP contribution in [0.25, 0.3) is 6.08 Å². The van der Waals surface area contributed by atoms with E-state index >= 15 is 0 Å². The maximum Gasteiger partial charge on any atom is 0.330 e. The lowest BCUT2D eigenvalue weighted by atomic mass is 10.2. The zero-order valence-electron chi connectivity index (χ0n) is 15.7. The van der Waals surface area contributed by atoms with Gasteiger partial charge in [-0.15, -0.1) is 0 Å². The molecule has 1 rings (SSSR count). The molecule has 2 N–H and O–H groups in total. The van der Waals surface area contributed by atoms with E-state index in [1.54, 1.807) is 0 Å². The van der Waals surface area contributed by atoms with Crippen LogP contribution in [-0.4, -0.2) is 35.4 Å². The largest absolute Gasteiger partial charge is 0.478 e. The standard InChI is InChI=1S/C8H8.C7H12O2.C6H10O3/c1-2-8-6-4-3-5-7-8;1-3-5-6-9-7(8)4-2;1-5(6(8)9)3-2-4-7/h2-7H,1H2;4H,2-3,5-6H2,1H3;3,7H,2,4H2,1H3,(H,8,9). The highest BCUT2D eigenvalue weighted by molar-refractivity contribution is 5.85. The van der Waals surface area contributed by atoms with E-state index in [2.05, 4.69) is 17.9 Å². The van der Waals surface area contributed by atoms with Crippen molar-refractivity contribution < 1.29 is 24.5 Å². The Morgan fingerprint density at radius 2 is 1.81 bits per heavy atom. The molecule has 1 aromatic carbocycles. The number of aliphatic hydroxyl groups is 1. The number of hydrogen-bond donors (Lipinski definition) is 2. The van der Waals surface area contributed by atoms with E-state index < -0.39 is 5.97 Å². The van der Waals surface area contributed by atoms with Crippen molar-refractivity contribution in [3.8, 4) is 0 Å². The first-order valence-corrected chi connectivity index (χ1v) is 8.40. The molecule has 0 aromatic heterocycles. The van der Waals surface area contributed by atoms with Crippen LogP contribution in [0.3, 0.4) is 0 Å². The first-order chi connectivity index (χ1) is 12.4. The maximum atomic E-state index is 10.3. The molecule has 0 radical (unpaired) electrons. The lowest BCUT2D eigenvalue weighted by molar-refractivity contribution is -0.138. The summed E-state index contributed by atoms with van der Waals surface area (Å²) < 4.78 is 4.67. The van der Waals surface area contributed by atoms with Crippen molar-refractivity contribution >= 4 is 18.0 Å². The van der Waals surface area contributed by atoms with Gasteiger partial charge >= 0.3 is 11.9 Å². The molecule has 26 heavy (non-hydrogen) atoms. The van der Waals surface area contributed by atoms with E-state index in [0.29, 0.717) is 13.0 Å². The van der Waals surface area contributed by atoms with E-state index in [-0.39, 0.29) is 18.1 Å². The van der Waals surface area contributed by atoms with E-state index in [4.69, 9.17) is 10.2 Å². The van der Waals surface area contributed by atoms with E-state index in [9.17, 15) is 9.59 Å². The average Bonchev–Trinajstić information content (AvgIpc) is 2.67. The summed E-state index contributed by atoms with van der Waals surface area (Å²) in [4.78, 5) is 20.4. The number of carbonyl (C=O) groups is 2. The van der Waals surface area contributed by atoms with Crippen LogP contribution in [-0.2, 0) is 14.3 Å². The zero-order chi connectivity index (χ0) is 20.2. The molecular formula is C21H30O5. The van der Waals surface area contributed by atoms with Crippen LogP contribution in [0.2, 0.25) is 0 Å². The van der Waals surface area contributed by atoms with Gasteiger partial charge in [-0.3, -0.25) is 0 Å². The second kappa shape index (κ2) is 18.7. The Hall–Kier alpha value is -2.66. The van der Waals surface area contributed by atoms with Gasteiger partial charge < -0.3 is 14.9 Å². The Morgan fingerprint density at radius 1 is 1.19 bits per heavy atom. The topological polar surface area (TPSA) is 83.8 Å². The monoisotopic (exact) mass is 362 g/mol. The molecule has 0 saturated heterocycles. The molecule has 5 heteroatoms. The first kappa shape index (κ1) is 25.6. The third kappa shape index (κ3) is 17.7. The summed E-state index contributed by atoms with van der Waals surface area (Å²) in [7, 11) is 0. The Morgan fingerprint density at radius 3 is 2.19 bits per heavy atom. The lowest BCUT2D eigenvalue weighted by Crippen LogP contribution is -2.00. The molecule has 1 aromatic rings. The molecule has 0 heterocycles. The number of ether oxygens (including phenoxy) is 1. The number of carbonyl (C=O) groups excluding carboxylic acids is 1. The molecule has 0 amide bonds. The number of carboxylic acids is 1. The number of carboxylic acid groups (broad SMARTS) is 1. The number of aliphatic carboxylic acids is 1. The molecule has 5 nitrogen and oxygen atoms in total. The van der Waals surface area contributed by atoms with E-state index in [1.807, 2.05) is 43.3 Å². The van der Waals surface area contributed by atoms with E-state index in [0.717, 1.165) is 12.8 Å². The number of esters is 1. The molecule has 0 aliphatic carbocycles. The molecule has 0 fully saturated rings. The van der Waals surface area contributed by atoms with Crippen molar-refractivity contribution in [1.29, 1.82) is 0 Å². The first-order valence-electron chi connectivity index (χ1n) is 8.40. The minimum Gasteiger partial charge on any atom is -0.478 e. The molecule has 0 aliphatic heterocycles. The molecular weight excluding hydrogens is 332 g/mol. The predicted octanol–water partition coefficient (Wildman–Crippen LogP) is 4.25. The maximum absolute atomic E-state index is 10.3. The highest BCUT2D eigenvalue weighted by Crippen LogP contribution is 1.97. The Bertz CT molecular complexity index is 547. The summed E-state index contributed by atoms with van der Waals surface area (Å²) in [6, 6.07) is 10.0. The third-order valence-corrected chi connectivity index (χ3v) is 2.86. The average molecular weight is 362 g/mol. The summed E-state index contributed by atoms with van der Waals surface area (Å²) in [5.41, 5.74) is 1.46. The van der Waals surface area contributed by atoms with Crippen molar-refractivity contribution in [3.63, 3.8) is 0 Å². The van der Waals surface area contributed by atoms with Crippen LogP contribution in [0, 0.1) is 0 Å². The third-order valence-electron chi connectivity index (χ3n) is 2.86. The van der Waals surface area contributed by atoms with Crippen molar-refractivity contribution in [3.05, 3.63) is 66.8 Å². The summed E-state index contributed by atoms with van der Waals surface area (Å²) in [6.07, 6.45) is 6.89. The van der Waals surface area contributed by atoms with Gasteiger partial charge in [0.25, 0.3) is 0 Å². The fourth-order valence-corrected chi connectivity index (χ4v) is 1.33. The van der Waals surface area contributed by atoms with Crippen LogP contribution >= 0.6 is 0 Å². The zero-order valence-corrected chi connectivity index (χ0v) is 15.7. The second-order valence-electron chi connectivity index (χ2n) is 5.04. The number of aliphatic hydroxyl groups excluding tert-OH is 1. The molecule has 0 spiro atoms. The predicted molar refractivity (Wildman–Crippen MR) is 106 cm³/mol. The van der Waals surface area contributed by atoms with Crippen molar-refractivity contribution in [2.45, 2.75) is 33.1 Å². The van der Waals surface area contributed by atoms with Gasteiger partial charge in [0.15, 0.2) is 0 Å². The molecule has 144 valence electrons. The Labute approximate surface area is 156 Å². The van der Waals surface area contributed by atoms with Gasteiger partial charge in [0.05, 0.1) is 6.61 Å². The number of rotatable bonds is 8. The van der Waals surface area contributed by atoms with Crippen LogP contribution in [0.5, 0.6) is 0 Å². The van der Waals surface area contributed by atoms with E-state index in [1.165, 1.54) is 24.6 Å². The van der Waals surface area contributed by atoms with Crippen LogP contribution in [0.1, 0.15) is 38.7 Å². The molecule has 0 saturated carbocycles. The molecule has 0 unspecified atom stereocenters. The van der Waals surface area contributed by atoms with Gasteiger partial charge in [-0.2, -0.15) is 0 Å². The Kier molecular flexibility index (Phi) is 18.4. The Balaban J connectivity index is 0. The van der Waals surface area contributed by atoms with Crippen molar-refractivity contribution in [2.24, 2.45) is 0 Å². The number of benzene rings is 1. The SMILES string of the molecule is C=CC(=O)OCCCC.C=Cc1ccccc1.CC(=CCCO)C(=O)O. The van der Waals surface area contributed by atoms with Crippen molar-refractivity contribution in [2.75, 3.05) is 13.2 Å². The quantitative estimate of drug-likeness (QED) is 0.410. The lowest BCUT2D eigenvalue weighted by Gasteiger charge is -1.97. The molecule has 0 atom stereocenters. The minimum absolute atomic E-state index is 0.00458. The highest BCUT2D eigenvalue weighted by atomic mass is 16.5. The fourth-order valence-electron chi connectivity index (χ4n) is 1.33. The normalized spacial score (nSPS) is 9.58. The summed E-state index contributed by atoms with van der Waals surface area (Å²) in [5, 5.41) is 16.5. The number of hydrogen-bond acceptors (Lipinski definition) is 4.